The van der Waals surface area contributed by atoms with Gasteiger partial charge < -0.3 is 29.7 Å². The lowest BCUT2D eigenvalue weighted by molar-refractivity contribution is 0.171. The highest BCUT2D eigenvalue weighted by Crippen LogP contribution is 2.48. The van der Waals surface area contributed by atoms with Crippen LogP contribution in [0, 0.1) is 11.3 Å². The third-order valence-corrected chi connectivity index (χ3v) is 5.10. The number of aromatic nitrogens is 1. The number of para-hydroxylation sites is 1. The molecule has 8 nitrogen and oxygen atoms in total. The average Bonchev–Trinajstić information content (AvgIpc) is 3.21. The Balaban J connectivity index is 1.83. The van der Waals surface area contributed by atoms with Crippen molar-refractivity contribution in [1.29, 1.82) is 5.26 Å². The monoisotopic (exact) mass is 389 g/mol. The Morgan fingerprint density at radius 3 is 2.86 bits per heavy atom. The number of H-pyrrole nitrogens is 1. The largest absolute Gasteiger partial charge is 0.493 e. The van der Waals surface area contributed by atoms with Crippen molar-refractivity contribution < 1.29 is 18.9 Å². The van der Waals surface area contributed by atoms with Crippen molar-refractivity contribution in [3.63, 3.8) is 0 Å². The Morgan fingerprint density at radius 1 is 1.24 bits per heavy atom. The second-order valence-electron chi connectivity index (χ2n) is 6.62. The fourth-order valence-electron chi connectivity index (χ4n) is 3.82. The molecular formula is C21H15N3O5. The molecule has 2 aromatic carbocycles. The summed E-state index contributed by atoms with van der Waals surface area (Å²) < 4.78 is 22.1. The molecule has 1 atom stereocenters. The van der Waals surface area contributed by atoms with Crippen LogP contribution in [0.5, 0.6) is 23.0 Å². The van der Waals surface area contributed by atoms with Crippen LogP contribution in [0.3, 0.4) is 0 Å². The van der Waals surface area contributed by atoms with Crippen molar-refractivity contribution in [3.8, 4) is 29.1 Å². The molecule has 2 aliphatic rings. The van der Waals surface area contributed by atoms with Gasteiger partial charge >= 0.3 is 0 Å². The Labute approximate surface area is 164 Å². The molecule has 1 unspecified atom stereocenters. The summed E-state index contributed by atoms with van der Waals surface area (Å²) in [6.45, 7) is 0.0633. The van der Waals surface area contributed by atoms with Gasteiger partial charge in [0.2, 0.25) is 18.4 Å². The van der Waals surface area contributed by atoms with Crippen molar-refractivity contribution in [1.82, 2.24) is 4.98 Å². The van der Waals surface area contributed by atoms with Gasteiger partial charge in [-0.3, -0.25) is 4.79 Å². The summed E-state index contributed by atoms with van der Waals surface area (Å²) in [6, 6.07) is 12.8. The van der Waals surface area contributed by atoms with Crippen molar-refractivity contribution in [2.24, 2.45) is 5.73 Å². The van der Waals surface area contributed by atoms with Crippen LogP contribution >= 0.6 is 0 Å². The lowest BCUT2D eigenvalue weighted by Crippen LogP contribution is -2.27. The lowest BCUT2D eigenvalue weighted by Gasteiger charge is -2.27. The topological polar surface area (TPSA) is 120 Å². The fraction of sp³-hybridized carbons (Fsp3) is 0.143. The van der Waals surface area contributed by atoms with E-state index >= 15 is 0 Å². The van der Waals surface area contributed by atoms with Crippen LogP contribution in [0.15, 0.2) is 52.6 Å². The van der Waals surface area contributed by atoms with Crippen LogP contribution in [0.1, 0.15) is 17.0 Å². The van der Waals surface area contributed by atoms with Gasteiger partial charge in [0.25, 0.3) is 5.56 Å². The van der Waals surface area contributed by atoms with E-state index in [1.54, 1.807) is 18.2 Å². The summed E-state index contributed by atoms with van der Waals surface area (Å²) >= 11 is 0. The number of allylic oxidation sites excluding steroid dienone is 1. The number of nitrogens with one attached hydrogen (secondary N) is 1. The van der Waals surface area contributed by atoms with Gasteiger partial charge in [-0.05, 0) is 29.8 Å². The van der Waals surface area contributed by atoms with Crippen molar-refractivity contribution in [2.75, 3.05) is 13.9 Å². The molecule has 29 heavy (non-hydrogen) atoms. The first kappa shape index (κ1) is 17.0. The van der Waals surface area contributed by atoms with Gasteiger partial charge in [-0.2, -0.15) is 5.26 Å². The molecule has 3 N–H and O–H groups in total. The number of hydrogen-bond donors (Lipinski definition) is 2. The average molecular weight is 389 g/mol. The molecule has 1 aromatic heterocycles. The predicted octanol–water partition coefficient (Wildman–Crippen LogP) is 2.48. The number of methoxy groups -OCH3 is 1. The van der Waals surface area contributed by atoms with E-state index in [1.807, 2.05) is 18.2 Å². The summed E-state index contributed by atoms with van der Waals surface area (Å²) in [7, 11) is 1.51. The lowest BCUT2D eigenvalue weighted by atomic mass is 9.83. The zero-order valence-corrected chi connectivity index (χ0v) is 15.3. The molecule has 0 amide bonds. The second-order valence-corrected chi connectivity index (χ2v) is 6.62. The summed E-state index contributed by atoms with van der Waals surface area (Å²) in [5.74, 6) is 0.934. The van der Waals surface area contributed by atoms with Gasteiger partial charge in [0.1, 0.15) is 17.4 Å². The summed E-state index contributed by atoms with van der Waals surface area (Å²) in [5.41, 5.74) is 7.40. The van der Waals surface area contributed by atoms with Crippen LogP contribution in [-0.2, 0) is 0 Å². The predicted molar refractivity (Wildman–Crippen MR) is 103 cm³/mol. The Bertz CT molecular complexity index is 1300. The van der Waals surface area contributed by atoms with Crippen molar-refractivity contribution in [2.45, 2.75) is 5.92 Å². The minimum atomic E-state index is -0.750. The van der Waals surface area contributed by atoms with Crippen molar-refractivity contribution in [3.05, 3.63) is 69.3 Å². The standard InChI is InChI=1S/C21H15N3O5/c1-26-14-6-10(7-15-19(14)28-9-27-15)16-12(8-22)20(23)29-18-11-4-2-3-5-13(11)24-21(25)17(16)18/h2-7,16H,9,23H2,1H3,(H,24,25). The first-order valence-corrected chi connectivity index (χ1v) is 8.82. The number of benzene rings is 2. The molecule has 0 radical (unpaired) electrons. The summed E-state index contributed by atoms with van der Waals surface area (Å²) in [4.78, 5) is 15.9. The Hall–Kier alpha value is -4.12. The van der Waals surface area contributed by atoms with E-state index in [0.29, 0.717) is 45.0 Å². The molecular weight excluding hydrogens is 374 g/mol. The maximum Gasteiger partial charge on any atom is 0.256 e. The third-order valence-electron chi connectivity index (χ3n) is 5.10. The number of pyridine rings is 1. The normalized spacial score (nSPS) is 16.9. The van der Waals surface area contributed by atoms with E-state index in [1.165, 1.54) is 7.11 Å². The van der Waals surface area contributed by atoms with Crippen LogP contribution in [0.2, 0.25) is 0 Å². The van der Waals surface area contributed by atoms with Crippen LogP contribution in [-0.4, -0.2) is 18.9 Å². The quantitative estimate of drug-likeness (QED) is 0.691. The van der Waals surface area contributed by atoms with E-state index in [4.69, 9.17) is 24.7 Å². The van der Waals surface area contributed by atoms with Gasteiger partial charge in [-0.1, -0.05) is 12.1 Å². The van der Waals surface area contributed by atoms with E-state index < -0.39 is 5.92 Å². The number of ether oxygens (including phenoxy) is 4. The first-order valence-electron chi connectivity index (χ1n) is 8.82. The number of nitrogens with two attached hydrogens (primary N) is 1. The fourth-order valence-corrected chi connectivity index (χ4v) is 3.82. The zero-order chi connectivity index (χ0) is 20.1. The molecule has 0 saturated carbocycles. The maximum absolute atomic E-state index is 13.0. The van der Waals surface area contributed by atoms with Gasteiger partial charge in [0.05, 0.1) is 24.1 Å². The molecule has 2 aliphatic heterocycles. The number of rotatable bonds is 2. The van der Waals surface area contributed by atoms with Crippen LogP contribution in [0.4, 0.5) is 0 Å². The molecule has 0 bridgehead atoms. The molecule has 3 heterocycles. The van der Waals surface area contributed by atoms with Crippen LogP contribution < -0.4 is 30.2 Å². The molecule has 0 fully saturated rings. The number of hydrogen-bond acceptors (Lipinski definition) is 7. The summed E-state index contributed by atoms with van der Waals surface area (Å²) in [5, 5.41) is 10.5. The van der Waals surface area contributed by atoms with E-state index in [9.17, 15) is 10.1 Å². The first-order chi connectivity index (χ1) is 14.1. The molecule has 8 heteroatoms. The highest BCUT2D eigenvalue weighted by atomic mass is 16.7. The van der Waals surface area contributed by atoms with Gasteiger partial charge in [-0.25, -0.2) is 0 Å². The number of nitriles is 1. The Morgan fingerprint density at radius 2 is 2.07 bits per heavy atom. The van der Waals surface area contributed by atoms with E-state index in [-0.39, 0.29) is 23.8 Å². The minimum absolute atomic E-state index is 0.0441. The van der Waals surface area contributed by atoms with Gasteiger partial charge in [0.15, 0.2) is 11.5 Å². The third kappa shape index (κ3) is 2.41. The minimum Gasteiger partial charge on any atom is -0.493 e. The molecule has 0 saturated heterocycles. The van der Waals surface area contributed by atoms with Crippen molar-refractivity contribution >= 4 is 10.9 Å². The Kier molecular flexibility index (Phi) is 3.64. The number of aromatic amines is 1. The highest BCUT2D eigenvalue weighted by Gasteiger charge is 2.36. The molecule has 3 aromatic rings. The number of fused-ring (bicyclic) bond motifs is 4. The molecule has 144 valence electrons. The van der Waals surface area contributed by atoms with E-state index in [2.05, 4.69) is 11.1 Å². The SMILES string of the molecule is COc1cc(C2C(C#N)=C(N)Oc3c2c(=O)[nH]c2ccccc32)cc2c1OCO2. The van der Waals surface area contributed by atoms with E-state index in [0.717, 1.165) is 0 Å². The van der Waals surface area contributed by atoms with Crippen LogP contribution in [0.25, 0.3) is 10.9 Å². The second kappa shape index (κ2) is 6.21. The maximum atomic E-state index is 13.0. The molecule has 0 spiro atoms. The smallest absolute Gasteiger partial charge is 0.256 e. The zero-order valence-electron chi connectivity index (χ0n) is 15.3. The molecule has 0 aliphatic carbocycles. The summed E-state index contributed by atoms with van der Waals surface area (Å²) in [6.07, 6.45) is 0. The molecule has 5 rings (SSSR count). The highest BCUT2D eigenvalue weighted by molar-refractivity contribution is 5.87. The van der Waals surface area contributed by atoms with Gasteiger partial charge in [0, 0.05) is 5.39 Å². The van der Waals surface area contributed by atoms with Gasteiger partial charge in [-0.15, -0.1) is 0 Å². The number of nitrogens with zero attached hydrogens (tertiary/aromatic N) is 1.